The lowest BCUT2D eigenvalue weighted by Gasteiger charge is -2.29. The van der Waals surface area contributed by atoms with Crippen LogP contribution in [-0.4, -0.2) is 108 Å². The number of carbonyl (C=O) groups is 3. The van der Waals surface area contributed by atoms with Crippen LogP contribution < -0.4 is 0 Å². The normalized spacial score (nSPS) is 13.0. The Morgan fingerprint density at radius 2 is 1.54 bits per heavy atom. The van der Waals surface area contributed by atoms with Crippen molar-refractivity contribution in [2.75, 3.05) is 65.4 Å². The van der Waals surface area contributed by atoms with Crippen LogP contribution in [0.3, 0.4) is 0 Å². The predicted molar refractivity (Wildman–Crippen MR) is 140 cm³/mol. The van der Waals surface area contributed by atoms with Crippen LogP contribution in [0, 0.1) is 0 Å². The summed E-state index contributed by atoms with van der Waals surface area (Å²) >= 11 is 0. The fourth-order valence-electron chi connectivity index (χ4n) is 3.83. The minimum absolute atomic E-state index is 0. The van der Waals surface area contributed by atoms with E-state index in [1.54, 1.807) is 0 Å². The monoisotopic (exact) mass is 534 g/mol. The Hall–Kier alpha value is -2.07. The maximum Gasteiger partial charge on any atom is 0.410 e. The third-order valence-electron chi connectivity index (χ3n) is 5.93. The smallest absolute Gasteiger partial charge is 0.410 e. The van der Waals surface area contributed by atoms with Crippen molar-refractivity contribution in [3.63, 3.8) is 0 Å². The van der Waals surface area contributed by atoms with E-state index in [0.717, 1.165) is 44.6 Å². The lowest BCUT2D eigenvalue weighted by atomic mass is 10.2. The van der Waals surface area contributed by atoms with E-state index in [2.05, 4.69) is 9.80 Å². The molecule has 0 atom stereocenters. The van der Waals surface area contributed by atoms with Crippen molar-refractivity contribution < 1.29 is 24.2 Å². The summed E-state index contributed by atoms with van der Waals surface area (Å²) in [7, 11) is 0. The number of aliphatic carboxylic acids is 1. The first-order chi connectivity index (χ1) is 15.9. The van der Waals surface area contributed by atoms with Crippen molar-refractivity contribution in [3.05, 3.63) is 35.9 Å². The number of likely N-dealkylation sites (tertiary alicyclic amines) is 1. The average molecular weight is 536 g/mol. The molecule has 1 aromatic rings. The Balaban J connectivity index is 0.00000578. The largest absolute Gasteiger partial charge is 0.480 e. The highest BCUT2D eigenvalue weighted by atomic mass is 35.5. The van der Waals surface area contributed by atoms with Gasteiger partial charge in [0, 0.05) is 26.2 Å². The molecule has 9 nitrogen and oxygen atoms in total. The fourth-order valence-corrected chi connectivity index (χ4v) is 3.83. The quantitative estimate of drug-likeness (QED) is 0.392. The molecular formula is C24H40Cl2N4O5. The van der Waals surface area contributed by atoms with Gasteiger partial charge in [-0.3, -0.25) is 14.5 Å². The molecule has 1 heterocycles. The van der Waals surface area contributed by atoms with Gasteiger partial charge in [0.1, 0.15) is 19.7 Å². The third kappa shape index (κ3) is 12.5. The van der Waals surface area contributed by atoms with E-state index in [9.17, 15) is 19.5 Å². The second kappa shape index (κ2) is 18.2. The van der Waals surface area contributed by atoms with Gasteiger partial charge < -0.3 is 24.5 Å². The van der Waals surface area contributed by atoms with E-state index in [4.69, 9.17) is 4.74 Å². The maximum atomic E-state index is 13.0. The second-order valence-corrected chi connectivity index (χ2v) is 8.25. The standard InChI is InChI=1S/C24H38N4O5.2ClH/c1-3-25(4-2)14-17-28(24(32)33-20-21-10-6-5-7-11-21)18-22(29)27(19-23(30)31)16-15-26-12-8-9-13-26;;/h5-7,10-11H,3-4,8-9,12-20H2,1-2H3,(H,30,31);2*1H. The second-order valence-electron chi connectivity index (χ2n) is 8.25. The molecule has 35 heavy (non-hydrogen) atoms. The molecule has 2 rings (SSSR count). The summed E-state index contributed by atoms with van der Waals surface area (Å²) in [6, 6.07) is 9.36. The number of halogens is 2. The summed E-state index contributed by atoms with van der Waals surface area (Å²) in [6.45, 7) is 9.11. The Labute approximate surface area is 221 Å². The van der Waals surface area contributed by atoms with Gasteiger partial charge in [-0.2, -0.15) is 0 Å². The highest BCUT2D eigenvalue weighted by molar-refractivity contribution is 5.86. The molecule has 2 amide bonds. The number of hydrogen-bond donors (Lipinski definition) is 1. The molecule has 1 aromatic carbocycles. The number of nitrogens with zero attached hydrogens (tertiary/aromatic N) is 4. The van der Waals surface area contributed by atoms with E-state index >= 15 is 0 Å². The molecule has 1 saturated heterocycles. The van der Waals surface area contributed by atoms with E-state index in [-0.39, 0.29) is 50.4 Å². The Bertz CT molecular complexity index is 747. The number of hydrogen-bond acceptors (Lipinski definition) is 6. The number of amides is 2. The summed E-state index contributed by atoms with van der Waals surface area (Å²) in [6.07, 6.45) is 1.67. The van der Waals surface area contributed by atoms with Crippen molar-refractivity contribution in [2.24, 2.45) is 0 Å². The number of carboxylic acid groups (broad SMARTS) is 1. The van der Waals surface area contributed by atoms with Crippen LogP contribution >= 0.6 is 24.8 Å². The molecule has 1 aliphatic rings. The van der Waals surface area contributed by atoms with E-state index in [1.165, 1.54) is 9.80 Å². The Morgan fingerprint density at radius 3 is 2.11 bits per heavy atom. The minimum atomic E-state index is -1.06. The lowest BCUT2D eigenvalue weighted by Crippen LogP contribution is -2.48. The third-order valence-corrected chi connectivity index (χ3v) is 5.93. The molecule has 0 aromatic heterocycles. The van der Waals surface area contributed by atoms with Crippen LogP contribution in [0.2, 0.25) is 0 Å². The van der Waals surface area contributed by atoms with Gasteiger partial charge in [0.05, 0.1) is 0 Å². The Morgan fingerprint density at radius 1 is 0.914 bits per heavy atom. The number of carboxylic acids is 1. The molecule has 1 N–H and O–H groups in total. The SMILES string of the molecule is CCN(CC)CCN(CC(=O)N(CCN1CCCC1)CC(=O)O)C(=O)OCc1ccccc1.Cl.Cl. The topological polar surface area (TPSA) is 93.6 Å². The van der Waals surface area contributed by atoms with Crippen molar-refractivity contribution in [3.8, 4) is 0 Å². The molecular weight excluding hydrogens is 495 g/mol. The summed E-state index contributed by atoms with van der Waals surface area (Å²) < 4.78 is 5.47. The van der Waals surface area contributed by atoms with Crippen molar-refractivity contribution >= 4 is 42.8 Å². The summed E-state index contributed by atoms with van der Waals surface area (Å²) in [5.41, 5.74) is 0.860. The van der Waals surface area contributed by atoms with E-state index < -0.39 is 12.1 Å². The van der Waals surface area contributed by atoms with E-state index in [1.807, 2.05) is 44.2 Å². The molecule has 0 saturated carbocycles. The molecule has 1 aliphatic heterocycles. The molecule has 0 spiro atoms. The van der Waals surface area contributed by atoms with Gasteiger partial charge in [-0.25, -0.2) is 4.79 Å². The van der Waals surface area contributed by atoms with Crippen molar-refractivity contribution in [2.45, 2.75) is 33.3 Å². The van der Waals surface area contributed by atoms with Crippen LogP contribution in [0.25, 0.3) is 0 Å². The van der Waals surface area contributed by atoms with Gasteiger partial charge in [-0.05, 0) is 44.6 Å². The Kier molecular flexibility index (Phi) is 17.2. The summed E-state index contributed by atoms with van der Waals surface area (Å²) in [5.74, 6) is -1.45. The zero-order valence-corrected chi connectivity index (χ0v) is 22.4. The first kappa shape index (κ1) is 32.9. The summed E-state index contributed by atoms with van der Waals surface area (Å²) in [5, 5.41) is 9.30. The molecule has 11 heteroatoms. The van der Waals surface area contributed by atoms with Gasteiger partial charge >= 0.3 is 12.1 Å². The zero-order valence-electron chi connectivity index (χ0n) is 20.8. The van der Waals surface area contributed by atoms with Gasteiger partial charge in [-0.1, -0.05) is 44.2 Å². The van der Waals surface area contributed by atoms with Crippen LogP contribution in [0.1, 0.15) is 32.3 Å². The minimum Gasteiger partial charge on any atom is -0.480 e. The first-order valence-corrected chi connectivity index (χ1v) is 11.8. The molecule has 200 valence electrons. The predicted octanol–water partition coefficient (Wildman–Crippen LogP) is 2.82. The molecule has 0 unspecified atom stereocenters. The fraction of sp³-hybridized carbons (Fsp3) is 0.625. The summed E-state index contributed by atoms with van der Waals surface area (Å²) in [4.78, 5) is 44.3. The lowest BCUT2D eigenvalue weighted by molar-refractivity contribution is -0.144. The van der Waals surface area contributed by atoms with Gasteiger partial charge in [0.15, 0.2) is 0 Å². The molecule has 1 fully saturated rings. The van der Waals surface area contributed by atoms with Crippen LogP contribution in [0.15, 0.2) is 30.3 Å². The van der Waals surface area contributed by atoms with Crippen molar-refractivity contribution in [1.29, 1.82) is 0 Å². The highest BCUT2D eigenvalue weighted by Gasteiger charge is 2.25. The first-order valence-electron chi connectivity index (χ1n) is 11.8. The number of likely N-dealkylation sites (N-methyl/N-ethyl adjacent to an activating group) is 1. The highest BCUT2D eigenvalue weighted by Crippen LogP contribution is 2.08. The molecule has 0 bridgehead atoms. The number of benzene rings is 1. The van der Waals surface area contributed by atoms with E-state index in [0.29, 0.717) is 26.2 Å². The number of rotatable bonds is 14. The van der Waals surface area contributed by atoms with Gasteiger partial charge in [0.2, 0.25) is 5.91 Å². The van der Waals surface area contributed by atoms with Crippen LogP contribution in [0.4, 0.5) is 4.79 Å². The van der Waals surface area contributed by atoms with Gasteiger partial charge in [-0.15, -0.1) is 24.8 Å². The van der Waals surface area contributed by atoms with Gasteiger partial charge in [0.25, 0.3) is 0 Å². The number of carbonyl (C=O) groups excluding carboxylic acids is 2. The molecule has 0 aliphatic carbocycles. The van der Waals surface area contributed by atoms with Crippen molar-refractivity contribution in [1.82, 2.24) is 19.6 Å². The van der Waals surface area contributed by atoms with Crippen LogP contribution in [-0.2, 0) is 20.9 Å². The van der Waals surface area contributed by atoms with Crippen LogP contribution in [0.5, 0.6) is 0 Å². The average Bonchev–Trinajstić information content (AvgIpc) is 3.34. The zero-order chi connectivity index (χ0) is 24.1. The number of ether oxygens (including phenoxy) is 1. The molecule has 0 radical (unpaired) electrons. The maximum absolute atomic E-state index is 13.0.